The van der Waals surface area contributed by atoms with Crippen LogP contribution in [0.3, 0.4) is 0 Å². The SMILES string of the molecule is COC(=O)c1ccc(NC(=O)[C@@H]2CCCN(S(=O)(=O)c3ccc(OC)cc3)C2)cc1. The smallest absolute Gasteiger partial charge is 0.337 e. The van der Waals surface area contributed by atoms with E-state index in [0.717, 1.165) is 0 Å². The maximum Gasteiger partial charge on any atom is 0.337 e. The van der Waals surface area contributed by atoms with Gasteiger partial charge in [0.1, 0.15) is 5.75 Å². The van der Waals surface area contributed by atoms with Crippen LogP contribution in [0.25, 0.3) is 0 Å². The summed E-state index contributed by atoms with van der Waals surface area (Å²) in [5.41, 5.74) is 0.910. The van der Waals surface area contributed by atoms with Crippen LogP contribution in [0.4, 0.5) is 5.69 Å². The molecule has 1 atom stereocenters. The number of nitrogens with zero attached hydrogens (tertiary/aromatic N) is 1. The van der Waals surface area contributed by atoms with Gasteiger partial charge in [-0.05, 0) is 61.4 Å². The molecule has 0 aliphatic carbocycles. The molecule has 1 heterocycles. The number of methoxy groups -OCH3 is 2. The molecule has 0 saturated carbocycles. The van der Waals surface area contributed by atoms with Crippen LogP contribution in [0.5, 0.6) is 5.75 Å². The lowest BCUT2D eigenvalue weighted by Crippen LogP contribution is -2.43. The number of benzene rings is 2. The fourth-order valence-corrected chi connectivity index (χ4v) is 4.85. The Morgan fingerprint density at radius 2 is 1.70 bits per heavy atom. The Morgan fingerprint density at radius 1 is 1.03 bits per heavy atom. The molecule has 1 amide bonds. The number of amides is 1. The van der Waals surface area contributed by atoms with E-state index < -0.39 is 21.9 Å². The van der Waals surface area contributed by atoms with E-state index in [1.54, 1.807) is 36.4 Å². The molecule has 0 bridgehead atoms. The second kappa shape index (κ2) is 9.27. The van der Waals surface area contributed by atoms with E-state index in [-0.39, 0.29) is 17.3 Å². The first-order valence-corrected chi connectivity index (χ1v) is 10.9. The summed E-state index contributed by atoms with van der Waals surface area (Å²) in [5.74, 6) is -0.606. The van der Waals surface area contributed by atoms with Gasteiger partial charge in [0.25, 0.3) is 0 Å². The largest absolute Gasteiger partial charge is 0.497 e. The number of piperidine rings is 1. The molecule has 0 unspecified atom stereocenters. The lowest BCUT2D eigenvalue weighted by Gasteiger charge is -2.31. The minimum absolute atomic E-state index is 0.112. The summed E-state index contributed by atoms with van der Waals surface area (Å²) in [6, 6.07) is 12.5. The lowest BCUT2D eigenvalue weighted by atomic mass is 9.98. The monoisotopic (exact) mass is 432 g/mol. The number of hydrogen-bond acceptors (Lipinski definition) is 6. The van der Waals surface area contributed by atoms with Gasteiger partial charge in [-0.1, -0.05) is 0 Å². The van der Waals surface area contributed by atoms with Gasteiger partial charge >= 0.3 is 5.97 Å². The highest BCUT2D eigenvalue weighted by Crippen LogP contribution is 2.26. The van der Waals surface area contributed by atoms with Crippen LogP contribution in [-0.4, -0.2) is 51.9 Å². The average Bonchev–Trinajstić information content (AvgIpc) is 2.79. The first kappa shape index (κ1) is 21.8. The van der Waals surface area contributed by atoms with Crippen molar-refractivity contribution in [3.63, 3.8) is 0 Å². The highest BCUT2D eigenvalue weighted by Gasteiger charge is 2.33. The number of carbonyl (C=O) groups excluding carboxylic acids is 2. The number of rotatable bonds is 6. The van der Waals surface area contributed by atoms with E-state index in [9.17, 15) is 18.0 Å². The molecule has 30 heavy (non-hydrogen) atoms. The summed E-state index contributed by atoms with van der Waals surface area (Å²) in [7, 11) is -0.885. The van der Waals surface area contributed by atoms with E-state index in [1.807, 2.05) is 0 Å². The number of nitrogens with one attached hydrogen (secondary N) is 1. The van der Waals surface area contributed by atoms with Crippen molar-refractivity contribution in [1.82, 2.24) is 4.31 Å². The fraction of sp³-hybridized carbons (Fsp3) is 0.333. The quantitative estimate of drug-likeness (QED) is 0.704. The summed E-state index contributed by atoms with van der Waals surface area (Å²) in [6.45, 7) is 0.479. The zero-order valence-corrected chi connectivity index (χ0v) is 17.6. The maximum atomic E-state index is 13.0. The highest BCUT2D eigenvalue weighted by atomic mass is 32.2. The van der Waals surface area contributed by atoms with Crippen molar-refractivity contribution in [2.24, 2.45) is 5.92 Å². The molecule has 2 aromatic rings. The molecule has 3 rings (SSSR count). The van der Waals surface area contributed by atoms with Gasteiger partial charge in [-0.3, -0.25) is 4.79 Å². The van der Waals surface area contributed by atoms with Crippen molar-refractivity contribution >= 4 is 27.6 Å². The fourth-order valence-electron chi connectivity index (χ4n) is 3.32. The molecule has 8 nitrogen and oxygen atoms in total. The van der Waals surface area contributed by atoms with Gasteiger partial charge in [-0.25, -0.2) is 13.2 Å². The predicted octanol–water partition coefficient (Wildman–Crippen LogP) is 2.52. The minimum Gasteiger partial charge on any atom is -0.497 e. The molecular weight excluding hydrogens is 408 g/mol. The molecule has 2 aromatic carbocycles. The van der Waals surface area contributed by atoms with Crippen LogP contribution in [0.1, 0.15) is 23.2 Å². The predicted molar refractivity (Wildman–Crippen MR) is 111 cm³/mol. The van der Waals surface area contributed by atoms with Gasteiger partial charge in [0.2, 0.25) is 15.9 Å². The first-order valence-electron chi connectivity index (χ1n) is 9.48. The zero-order chi connectivity index (χ0) is 21.7. The van der Waals surface area contributed by atoms with Crippen molar-refractivity contribution in [1.29, 1.82) is 0 Å². The number of esters is 1. The van der Waals surface area contributed by atoms with Crippen LogP contribution < -0.4 is 10.1 Å². The zero-order valence-electron chi connectivity index (χ0n) is 16.8. The minimum atomic E-state index is -3.70. The third-order valence-corrected chi connectivity index (χ3v) is 6.91. The Kier molecular flexibility index (Phi) is 6.73. The van der Waals surface area contributed by atoms with Gasteiger partial charge in [-0.2, -0.15) is 4.31 Å². The summed E-state index contributed by atoms with van der Waals surface area (Å²) in [6.07, 6.45) is 1.19. The van der Waals surface area contributed by atoms with E-state index in [1.165, 1.54) is 30.7 Å². The maximum absolute atomic E-state index is 13.0. The number of carbonyl (C=O) groups is 2. The van der Waals surface area contributed by atoms with Gasteiger partial charge in [-0.15, -0.1) is 0 Å². The van der Waals surface area contributed by atoms with Crippen LogP contribution >= 0.6 is 0 Å². The Bertz CT molecular complexity index is 1000. The molecule has 0 aromatic heterocycles. The van der Waals surface area contributed by atoms with Crippen molar-refractivity contribution in [3.05, 3.63) is 54.1 Å². The summed E-state index contributed by atoms with van der Waals surface area (Å²) >= 11 is 0. The normalized spacial score (nSPS) is 17.2. The second-order valence-corrected chi connectivity index (χ2v) is 8.87. The van der Waals surface area contributed by atoms with Crippen molar-refractivity contribution in [2.75, 3.05) is 32.6 Å². The summed E-state index contributed by atoms with van der Waals surface area (Å²) in [4.78, 5) is 24.4. The molecule has 1 N–H and O–H groups in total. The van der Waals surface area contributed by atoms with Crippen molar-refractivity contribution in [3.8, 4) is 5.75 Å². The molecule has 1 aliphatic heterocycles. The van der Waals surface area contributed by atoms with Crippen LogP contribution in [0.15, 0.2) is 53.4 Å². The first-order chi connectivity index (χ1) is 14.3. The third kappa shape index (κ3) is 4.80. The Morgan fingerprint density at radius 3 is 2.30 bits per heavy atom. The standard InChI is InChI=1S/C21H24N2O6S/c1-28-18-9-11-19(12-10-18)30(26,27)23-13-3-4-16(14-23)20(24)22-17-7-5-15(6-8-17)21(25)29-2/h5-12,16H,3-4,13-14H2,1-2H3,(H,22,24)/t16-/m1/s1. The van der Waals surface area contributed by atoms with Gasteiger partial charge in [0.05, 0.1) is 30.6 Å². The number of sulfonamides is 1. The molecule has 0 spiro atoms. The van der Waals surface area contributed by atoms with Crippen LogP contribution in [0, 0.1) is 5.92 Å². The molecule has 9 heteroatoms. The molecule has 0 radical (unpaired) electrons. The Hall–Kier alpha value is -2.91. The van der Waals surface area contributed by atoms with Gasteiger partial charge in [0, 0.05) is 18.8 Å². The van der Waals surface area contributed by atoms with E-state index >= 15 is 0 Å². The summed E-state index contributed by atoms with van der Waals surface area (Å²) in [5, 5.41) is 2.79. The van der Waals surface area contributed by atoms with Crippen LogP contribution in [0.2, 0.25) is 0 Å². The number of hydrogen-bond donors (Lipinski definition) is 1. The average molecular weight is 432 g/mol. The van der Waals surface area contributed by atoms with E-state index in [2.05, 4.69) is 10.1 Å². The Labute approximate surface area is 175 Å². The number of ether oxygens (including phenoxy) is 2. The molecule has 1 aliphatic rings. The van der Waals surface area contributed by atoms with Gasteiger partial charge < -0.3 is 14.8 Å². The van der Waals surface area contributed by atoms with Crippen LogP contribution in [-0.2, 0) is 19.6 Å². The topological polar surface area (TPSA) is 102 Å². The molecule has 1 fully saturated rings. The third-order valence-electron chi connectivity index (χ3n) is 5.03. The molecule has 1 saturated heterocycles. The van der Waals surface area contributed by atoms with E-state index in [0.29, 0.717) is 36.4 Å². The molecular formula is C21H24N2O6S. The Balaban J connectivity index is 1.67. The lowest BCUT2D eigenvalue weighted by molar-refractivity contribution is -0.120. The summed E-state index contributed by atoms with van der Waals surface area (Å²) < 4.78 is 37.0. The van der Waals surface area contributed by atoms with Crippen molar-refractivity contribution < 1.29 is 27.5 Å². The van der Waals surface area contributed by atoms with Gasteiger partial charge in [0.15, 0.2) is 0 Å². The van der Waals surface area contributed by atoms with E-state index in [4.69, 9.17) is 4.74 Å². The van der Waals surface area contributed by atoms with Crippen molar-refractivity contribution in [2.45, 2.75) is 17.7 Å². The molecule has 160 valence electrons. The number of anilines is 1. The highest BCUT2D eigenvalue weighted by molar-refractivity contribution is 7.89. The second-order valence-electron chi connectivity index (χ2n) is 6.94.